The number of hydrogen-bond donors (Lipinski definition) is 1. The molecule has 0 spiro atoms. The molecule has 0 saturated carbocycles. The zero-order valence-electron chi connectivity index (χ0n) is 8.99. The van der Waals surface area contributed by atoms with Crippen LogP contribution in [0.15, 0.2) is 24.3 Å². The van der Waals surface area contributed by atoms with Crippen molar-refractivity contribution in [3.05, 3.63) is 35.4 Å². The van der Waals surface area contributed by atoms with Crippen LogP contribution in [-0.4, -0.2) is 30.4 Å². The Morgan fingerprint density at radius 2 is 2.07 bits per heavy atom. The van der Waals surface area contributed by atoms with Crippen LogP contribution in [0.2, 0.25) is 0 Å². The fourth-order valence-electron chi connectivity index (χ4n) is 1.73. The number of nitrogens with one attached hydrogen (secondary N) is 1. The highest BCUT2D eigenvalue weighted by atomic mass is 16.2. The van der Waals surface area contributed by atoms with Gasteiger partial charge in [-0.3, -0.25) is 4.79 Å². The molecule has 0 aliphatic carbocycles. The number of amides is 1. The molecule has 0 aromatic heterocycles. The molecule has 1 aromatic carbocycles. The van der Waals surface area contributed by atoms with Crippen molar-refractivity contribution in [2.24, 2.45) is 0 Å². The fourth-order valence-corrected chi connectivity index (χ4v) is 1.73. The molecule has 0 radical (unpaired) electrons. The molecule has 3 nitrogen and oxygen atoms in total. The van der Waals surface area contributed by atoms with Crippen molar-refractivity contribution in [3.8, 4) is 0 Å². The van der Waals surface area contributed by atoms with Gasteiger partial charge in [0.2, 0.25) is 5.91 Å². The maximum absolute atomic E-state index is 11.5. The predicted molar refractivity (Wildman–Crippen MR) is 59.5 cm³/mol. The normalized spacial score (nSPS) is 16.9. The standard InChI is InChI=1S/C12H16N2O/c1-10-2-4-11(5-3-10)9-14-7-6-13-8-12(14)15/h2-5,13H,6-9H2,1H3. The number of hydrogen-bond acceptors (Lipinski definition) is 2. The summed E-state index contributed by atoms with van der Waals surface area (Å²) in [6, 6.07) is 8.35. The van der Waals surface area contributed by atoms with Crippen LogP contribution in [0.5, 0.6) is 0 Å². The topological polar surface area (TPSA) is 32.3 Å². The van der Waals surface area contributed by atoms with Gasteiger partial charge in [0.05, 0.1) is 6.54 Å². The number of piperazine rings is 1. The lowest BCUT2D eigenvalue weighted by atomic mass is 10.1. The number of rotatable bonds is 2. The summed E-state index contributed by atoms with van der Waals surface area (Å²) >= 11 is 0. The van der Waals surface area contributed by atoms with E-state index in [1.807, 2.05) is 4.90 Å². The van der Waals surface area contributed by atoms with Crippen LogP contribution in [0.1, 0.15) is 11.1 Å². The number of nitrogens with zero attached hydrogens (tertiary/aromatic N) is 1. The Balaban J connectivity index is 2.01. The van der Waals surface area contributed by atoms with Crippen molar-refractivity contribution >= 4 is 5.91 Å². The van der Waals surface area contributed by atoms with Crippen molar-refractivity contribution in [2.45, 2.75) is 13.5 Å². The van der Waals surface area contributed by atoms with E-state index in [1.165, 1.54) is 11.1 Å². The van der Waals surface area contributed by atoms with Crippen molar-refractivity contribution in [2.75, 3.05) is 19.6 Å². The van der Waals surface area contributed by atoms with E-state index in [1.54, 1.807) is 0 Å². The molecule has 1 heterocycles. The minimum Gasteiger partial charge on any atom is -0.336 e. The molecule has 1 aliphatic heterocycles. The first-order chi connectivity index (χ1) is 7.25. The largest absolute Gasteiger partial charge is 0.336 e. The van der Waals surface area contributed by atoms with Crippen LogP contribution in [0, 0.1) is 6.92 Å². The Labute approximate surface area is 90.1 Å². The van der Waals surface area contributed by atoms with Crippen LogP contribution < -0.4 is 5.32 Å². The third kappa shape index (κ3) is 2.57. The molecule has 0 bridgehead atoms. The van der Waals surface area contributed by atoms with E-state index in [9.17, 15) is 4.79 Å². The van der Waals surface area contributed by atoms with Gasteiger partial charge >= 0.3 is 0 Å². The number of benzene rings is 1. The number of carbonyl (C=O) groups excluding carboxylic acids is 1. The van der Waals surface area contributed by atoms with E-state index in [-0.39, 0.29) is 5.91 Å². The molecule has 1 saturated heterocycles. The SMILES string of the molecule is Cc1ccc(CN2CCNCC2=O)cc1. The molecule has 1 aromatic rings. The van der Waals surface area contributed by atoms with E-state index < -0.39 is 0 Å². The average molecular weight is 204 g/mol. The Morgan fingerprint density at radius 1 is 1.33 bits per heavy atom. The van der Waals surface area contributed by atoms with E-state index in [0.717, 1.165) is 19.6 Å². The number of carbonyl (C=O) groups is 1. The minimum atomic E-state index is 0.196. The van der Waals surface area contributed by atoms with Crippen molar-refractivity contribution < 1.29 is 4.79 Å². The highest BCUT2D eigenvalue weighted by molar-refractivity contribution is 5.78. The second kappa shape index (κ2) is 4.45. The van der Waals surface area contributed by atoms with Crippen LogP contribution >= 0.6 is 0 Å². The van der Waals surface area contributed by atoms with Crippen LogP contribution in [0.25, 0.3) is 0 Å². The van der Waals surface area contributed by atoms with Gasteiger partial charge in [-0.2, -0.15) is 0 Å². The maximum atomic E-state index is 11.5. The first-order valence-electron chi connectivity index (χ1n) is 5.30. The lowest BCUT2D eigenvalue weighted by Crippen LogP contribution is -2.47. The molecule has 0 unspecified atom stereocenters. The minimum absolute atomic E-state index is 0.196. The summed E-state index contributed by atoms with van der Waals surface area (Å²) in [6.07, 6.45) is 0. The summed E-state index contributed by atoms with van der Waals surface area (Å²) < 4.78 is 0. The lowest BCUT2D eigenvalue weighted by Gasteiger charge is -2.27. The Hall–Kier alpha value is -1.35. The van der Waals surface area contributed by atoms with Gasteiger partial charge in [-0.25, -0.2) is 0 Å². The van der Waals surface area contributed by atoms with Gasteiger partial charge < -0.3 is 10.2 Å². The van der Waals surface area contributed by atoms with E-state index >= 15 is 0 Å². The fraction of sp³-hybridized carbons (Fsp3) is 0.417. The Kier molecular flexibility index (Phi) is 3.02. The second-order valence-electron chi connectivity index (χ2n) is 3.98. The molecule has 80 valence electrons. The van der Waals surface area contributed by atoms with Gasteiger partial charge in [0, 0.05) is 19.6 Å². The van der Waals surface area contributed by atoms with Crippen LogP contribution in [-0.2, 0) is 11.3 Å². The van der Waals surface area contributed by atoms with Gasteiger partial charge in [-0.1, -0.05) is 29.8 Å². The van der Waals surface area contributed by atoms with Crippen molar-refractivity contribution in [1.82, 2.24) is 10.2 Å². The maximum Gasteiger partial charge on any atom is 0.236 e. The first-order valence-corrected chi connectivity index (χ1v) is 5.30. The molecule has 2 rings (SSSR count). The van der Waals surface area contributed by atoms with Crippen molar-refractivity contribution in [1.29, 1.82) is 0 Å². The Bertz CT molecular complexity index is 345. The molecule has 0 atom stereocenters. The van der Waals surface area contributed by atoms with Gasteiger partial charge in [0.25, 0.3) is 0 Å². The van der Waals surface area contributed by atoms with Gasteiger partial charge in [-0.05, 0) is 12.5 Å². The smallest absolute Gasteiger partial charge is 0.236 e. The quantitative estimate of drug-likeness (QED) is 0.777. The molecule has 1 N–H and O–H groups in total. The summed E-state index contributed by atoms with van der Waals surface area (Å²) in [7, 11) is 0. The van der Waals surface area contributed by atoms with Gasteiger partial charge in [-0.15, -0.1) is 0 Å². The first kappa shape index (κ1) is 10.2. The molecular weight excluding hydrogens is 188 g/mol. The summed E-state index contributed by atoms with van der Waals surface area (Å²) in [5.41, 5.74) is 2.46. The summed E-state index contributed by atoms with van der Waals surface area (Å²) in [6.45, 7) is 5.00. The van der Waals surface area contributed by atoms with Crippen LogP contribution in [0.4, 0.5) is 0 Å². The van der Waals surface area contributed by atoms with Gasteiger partial charge in [0.1, 0.15) is 0 Å². The van der Waals surface area contributed by atoms with E-state index in [4.69, 9.17) is 0 Å². The molecule has 3 heteroatoms. The highest BCUT2D eigenvalue weighted by Crippen LogP contribution is 2.07. The summed E-state index contributed by atoms with van der Waals surface area (Å²) in [4.78, 5) is 13.4. The number of aryl methyl sites for hydroxylation is 1. The van der Waals surface area contributed by atoms with E-state index in [0.29, 0.717) is 6.54 Å². The third-order valence-electron chi connectivity index (χ3n) is 2.68. The third-order valence-corrected chi connectivity index (χ3v) is 2.68. The summed E-state index contributed by atoms with van der Waals surface area (Å²) in [5, 5.41) is 3.07. The monoisotopic (exact) mass is 204 g/mol. The lowest BCUT2D eigenvalue weighted by molar-refractivity contribution is -0.132. The zero-order valence-corrected chi connectivity index (χ0v) is 8.99. The summed E-state index contributed by atoms with van der Waals surface area (Å²) in [5.74, 6) is 0.196. The molecule has 1 aliphatic rings. The average Bonchev–Trinajstić information content (AvgIpc) is 2.25. The predicted octanol–water partition coefficient (Wildman–Crippen LogP) is 0.927. The van der Waals surface area contributed by atoms with Gasteiger partial charge in [0.15, 0.2) is 0 Å². The zero-order chi connectivity index (χ0) is 10.7. The molecule has 1 fully saturated rings. The second-order valence-corrected chi connectivity index (χ2v) is 3.98. The molecule has 1 amide bonds. The molecule has 15 heavy (non-hydrogen) atoms. The van der Waals surface area contributed by atoms with Crippen LogP contribution in [0.3, 0.4) is 0 Å². The van der Waals surface area contributed by atoms with E-state index in [2.05, 4.69) is 36.5 Å². The van der Waals surface area contributed by atoms with Crippen molar-refractivity contribution in [3.63, 3.8) is 0 Å². The highest BCUT2D eigenvalue weighted by Gasteiger charge is 2.17. The Morgan fingerprint density at radius 3 is 2.73 bits per heavy atom. The molecular formula is C12H16N2O.